The largest absolute Gasteiger partial charge is 0.493 e. The smallest absolute Gasteiger partial charge is 0.259 e. The van der Waals surface area contributed by atoms with E-state index in [1.807, 2.05) is 26.8 Å². The van der Waals surface area contributed by atoms with E-state index in [1.54, 1.807) is 0 Å². The molecule has 3 aromatic rings. The topological polar surface area (TPSA) is 104 Å². The van der Waals surface area contributed by atoms with Gasteiger partial charge in [-0.25, -0.2) is 9.97 Å². The minimum Gasteiger partial charge on any atom is -0.493 e. The van der Waals surface area contributed by atoms with Gasteiger partial charge in [-0.05, 0) is 51.0 Å². The van der Waals surface area contributed by atoms with Crippen molar-refractivity contribution in [2.75, 3.05) is 5.32 Å². The van der Waals surface area contributed by atoms with Crippen LogP contribution < -0.4 is 10.9 Å². The number of hydrogen-bond acceptors (Lipinski definition) is 6. The number of H-pyrrole nitrogens is 1. The molecule has 3 N–H and O–H groups in total. The molecule has 3 rings (SSSR count). The summed E-state index contributed by atoms with van der Waals surface area (Å²) in [4.78, 5) is 26.9. The highest BCUT2D eigenvalue weighted by atomic mass is 16.3. The Labute approximate surface area is 132 Å². The first-order valence-corrected chi connectivity index (χ1v) is 7.17. The summed E-state index contributed by atoms with van der Waals surface area (Å²) in [5.41, 5.74) is 3.70. The van der Waals surface area contributed by atoms with E-state index >= 15 is 0 Å². The highest BCUT2D eigenvalue weighted by Gasteiger charge is 2.10. The van der Waals surface area contributed by atoms with E-state index in [1.165, 1.54) is 12.5 Å². The van der Waals surface area contributed by atoms with Gasteiger partial charge in [-0.1, -0.05) is 0 Å². The van der Waals surface area contributed by atoms with Crippen molar-refractivity contribution in [2.24, 2.45) is 0 Å². The molecule has 23 heavy (non-hydrogen) atoms. The van der Waals surface area contributed by atoms with Crippen LogP contribution in [0, 0.1) is 27.7 Å². The third-order valence-electron chi connectivity index (χ3n) is 3.86. The van der Waals surface area contributed by atoms with Gasteiger partial charge in [-0.15, -0.1) is 0 Å². The zero-order valence-corrected chi connectivity index (χ0v) is 13.4. The summed E-state index contributed by atoms with van der Waals surface area (Å²) in [7, 11) is 0. The Morgan fingerprint density at radius 3 is 2.43 bits per heavy atom. The normalized spacial score (nSPS) is 11.0. The lowest BCUT2D eigenvalue weighted by atomic mass is 10.1. The van der Waals surface area contributed by atoms with Crippen LogP contribution in [-0.4, -0.2) is 25.0 Å². The molecule has 0 fully saturated rings. The van der Waals surface area contributed by atoms with Crippen LogP contribution in [0.2, 0.25) is 0 Å². The number of aromatic amines is 1. The van der Waals surface area contributed by atoms with Crippen LogP contribution in [-0.2, 0) is 0 Å². The van der Waals surface area contributed by atoms with Gasteiger partial charge in [0.1, 0.15) is 0 Å². The maximum atomic E-state index is 11.7. The average Bonchev–Trinajstić information content (AvgIpc) is 2.47. The second-order valence-corrected chi connectivity index (χ2v) is 5.57. The first kappa shape index (κ1) is 15.0. The zero-order chi connectivity index (χ0) is 16.7. The van der Waals surface area contributed by atoms with E-state index < -0.39 is 5.56 Å². The summed E-state index contributed by atoms with van der Waals surface area (Å²) in [5.74, 6) is 0.0885. The van der Waals surface area contributed by atoms with Crippen LogP contribution >= 0.6 is 0 Å². The Morgan fingerprint density at radius 2 is 1.74 bits per heavy atom. The third kappa shape index (κ3) is 2.73. The van der Waals surface area contributed by atoms with Crippen LogP contribution in [0.3, 0.4) is 0 Å². The van der Waals surface area contributed by atoms with Gasteiger partial charge in [0.2, 0.25) is 17.8 Å². The van der Waals surface area contributed by atoms with E-state index in [4.69, 9.17) is 0 Å². The summed E-state index contributed by atoms with van der Waals surface area (Å²) >= 11 is 0. The molecule has 1 aromatic carbocycles. The maximum absolute atomic E-state index is 11.7. The quantitative estimate of drug-likeness (QED) is 0.671. The SMILES string of the molecule is Cc1cc2nc(Nc3nc(O)c(C)c(=O)[nH]3)nc(C)c2cc1C. The molecule has 0 bridgehead atoms. The minimum atomic E-state index is -0.413. The van der Waals surface area contributed by atoms with E-state index in [2.05, 4.69) is 31.3 Å². The lowest BCUT2D eigenvalue weighted by Crippen LogP contribution is -2.14. The second kappa shape index (κ2) is 5.35. The first-order chi connectivity index (χ1) is 10.8. The van der Waals surface area contributed by atoms with Gasteiger partial charge < -0.3 is 5.11 Å². The number of rotatable bonds is 2. The maximum Gasteiger partial charge on any atom is 0.259 e. The van der Waals surface area contributed by atoms with Crippen molar-refractivity contribution in [2.45, 2.75) is 27.7 Å². The Morgan fingerprint density at radius 1 is 1.04 bits per heavy atom. The van der Waals surface area contributed by atoms with Gasteiger partial charge >= 0.3 is 0 Å². The van der Waals surface area contributed by atoms with Crippen LogP contribution in [0.4, 0.5) is 11.9 Å². The van der Waals surface area contributed by atoms with Gasteiger partial charge in [0.15, 0.2) is 0 Å². The minimum absolute atomic E-state index is 0.0979. The van der Waals surface area contributed by atoms with Crippen LogP contribution in [0.1, 0.15) is 22.4 Å². The molecule has 0 amide bonds. The fourth-order valence-electron chi connectivity index (χ4n) is 2.28. The molecule has 2 aromatic heterocycles. The fourth-order valence-corrected chi connectivity index (χ4v) is 2.28. The zero-order valence-electron chi connectivity index (χ0n) is 13.4. The van der Waals surface area contributed by atoms with Crippen molar-refractivity contribution >= 4 is 22.8 Å². The van der Waals surface area contributed by atoms with Gasteiger partial charge in [-0.2, -0.15) is 4.98 Å². The van der Waals surface area contributed by atoms with Crippen molar-refractivity contribution in [1.29, 1.82) is 0 Å². The Bertz CT molecular complexity index is 978. The Balaban J connectivity index is 2.07. The molecule has 0 aliphatic carbocycles. The molecule has 0 atom stereocenters. The highest BCUT2D eigenvalue weighted by molar-refractivity contribution is 5.83. The summed E-state index contributed by atoms with van der Waals surface area (Å²) in [5, 5.41) is 13.4. The third-order valence-corrected chi connectivity index (χ3v) is 3.86. The predicted molar refractivity (Wildman–Crippen MR) is 88.3 cm³/mol. The van der Waals surface area contributed by atoms with Crippen molar-refractivity contribution in [3.63, 3.8) is 0 Å². The lowest BCUT2D eigenvalue weighted by molar-refractivity contribution is 0.447. The van der Waals surface area contributed by atoms with Crippen LogP contribution in [0.15, 0.2) is 16.9 Å². The number of aromatic nitrogens is 4. The molecular formula is C16H17N5O2. The van der Waals surface area contributed by atoms with Gasteiger partial charge in [0.25, 0.3) is 5.56 Å². The van der Waals surface area contributed by atoms with Crippen molar-refractivity contribution < 1.29 is 5.11 Å². The number of hydrogen-bond donors (Lipinski definition) is 3. The molecule has 0 spiro atoms. The van der Waals surface area contributed by atoms with Gasteiger partial charge in [-0.3, -0.25) is 15.1 Å². The molecule has 0 aliphatic heterocycles. The number of fused-ring (bicyclic) bond motifs is 1. The predicted octanol–water partition coefficient (Wildman–Crippen LogP) is 2.40. The van der Waals surface area contributed by atoms with E-state index in [0.29, 0.717) is 5.95 Å². The number of nitrogens with zero attached hydrogens (tertiary/aromatic N) is 3. The Kier molecular flexibility index (Phi) is 3.48. The number of anilines is 2. The lowest BCUT2D eigenvalue weighted by Gasteiger charge is -2.09. The molecule has 7 nitrogen and oxygen atoms in total. The molecule has 2 heterocycles. The van der Waals surface area contributed by atoms with E-state index in [-0.39, 0.29) is 17.4 Å². The number of aryl methyl sites for hydroxylation is 3. The summed E-state index contributed by atoms with van der Waals surface area (Å²) in [6.45, 7) is 7.46. The van der Waals surface area contributed by atoms with E-state index in [9.17, 15) is 9.90 Å². The monoisotopic (exact) mass is 311 g/mol. The van der Waals surface area contributed by atoms with Gasteiger partial charge in [0, 0.05) is 5.39 Å². The molecule has 0 saturated heterocycles. The number of benzene rings is 1. The van der Waals surface area contributed by atoms with Crippen molar-refractivity contribution in [3.05, 3.63) is 44.9 Å². The summed E-state index contributed by atoms with van der Waals surface area (Å²) in [6, 6.07) is 4.05. The molecule has 0 unspecified atom stereocenters. The molecule has 7 heteroatoms. The average molecular weight is 311 g/mol. The molecule has 0 radical (unpaired) electrons. The fraction of sp³-hybridized carbons (Fsp3) is 0.250. The van der Waals surface area contributed by atoms with Crippen molar-refractivity contribution in [1.82, 2.24) is 19.9 Å². The first-order valence-electron chi connectivity index (χ1n) is 7.17. The molecule has 118 valence electrons. The Hall–Kier alpha value is -2.96. The number of aromatic hydroxyl groups is 1. The van der Waals surface area contributed by atoms with E-state index in [0.717, 1.165) is 22.2 Å². The van der Waals surface area contributed by atoms with Crippen molar-refractivity contribution in [3.8, 4) is 5.88 Å². The second-order valence-electron chi connectivity index (χ2n) is 5.57. The van der Waals surface area contributed by atoms with Crippen LogP contribution in [0.5, 0.6) is 5.88 Å². The van der Waals surface area contributed by atoms with Crippen LogP contribution in [0.25, 0.3) is 10.9 Å². The standard InChI is InChI=1S/C16H17N5O2/c1-7-5-11-10(4)17-15(18-12(11)6-8(7)2)21-16-19-13(22)9(3)14(23)20-16/h5-6H,1-4H3,(H3,17,18,19,20,21,22,23). The molecule has 0 saturated carbocycles. The summed E-state index contributed by atoms with van der Waals surface area (Å²) < 4.78 is 0. The van der Waals surface area contributed by atoms with Gasteiger partial charge in [0.05, 0.1) is 16.8 Å². The highest BCUT2D eigenvalue weighted by Crippen LogP contribution is 2.22. The molecular weight excluding hydrogens is 294 g/mol. The number of nitrogens with one attached hydrogen (secondary N) is 2. The molecule has 0 aliphatic rings. The summed E-state index contributed by atoms with van der Waals surface area (Å²) in [6.07, 6.45) is 0.